The Morgan fingerprint density at radius 1 is 1.12 bits per heavy atom. The van der Waals surface area contributed by atoms with Crippen molar-refractivity contribution in [1.29, 1.82) is 5.26 Å². The molecule has 0 amide bonds. The summed E-state index contributed by atoms with van der Waals surface area (Å²) in [5.74, 6) is 0. The van der Waals surface area contributed by atoms with Crippen LogP contribution in [-0.4, -0.2) is 0 Å². The van der Waals surface area contributed by atoms with Gasteiger partial charge in [-0.15, -0.1) is 0 Å². The largest absolute Gasteiger partial charge is 0.397 e. The minimum Gasteiger partial charge on any atom is -0.397 e. The lowest BCUT2D eigenvalue weighted by Gasteiger charge is -2.11. The molecule has 0 heterocycles. The van der Waals surface area contributed by atoms with Crippen LogP contribution in [0.4, 0.5) is 17.1 Å². The Kier molecular flexibility index (Phi) is 3.17. The Bertz CT molecular complexity index is 567. The summed E-state index contributed by atoms with van der Waals surface area (Å²) in [6, 6.07) is 14.6. The number of hydrogen-bond acceptors (Lipinski definition) is 3. The highest BCUT2D eigenvalue weighted by Gasteiger charge is 2.07. The minimum absolute atomic E-state index is 0.526. The summed E-state index contributed by atoms with van der Waals surface area (Å²) in [6.45, 7) is 0. The van der Waals surface area contributed by atoms with Crippen LogP contribution >= 0.6 is 11.6 Å². The smallest absolute Gasteiger partial charge is 0.101 e. The molecule has 0 saturated carbocycles. The normalized spacial score (nSPS) is 9.65. The lowest BCUT2D eigenvalue weighted by Crippen LogP contribution is -1.98. The maximum Gasteiger partial charge on any atom is 0.101 e. The molecule has 0 atom stereocenters. The second kappa shape index (κ2) is 4.77. The molecule has 4 heteroatoms. The lowest BCUT2D eigenvalue weighted by molar-refractivity contribution is 1.46. The number of anilines is 3. The third-order valence-electron chi connectivity index (χ3n) is 2.35. The first kappa shape index (κ1) is 11.3. The zero-order valence-electron chi connectivity index (χ0n) is 8.94. The molecule has 0 saturated heterocycles. The molecule has 2 rings (SSSR count). The average molecular weight is 244 g/mol. The summed E-state index contributed by atoms with van der Waals surface area (Å²) in [5.41, 5.74) is 8.24. The van der Waals surface area contributed by atoms with Crippen molar-refractivity contribution in [3.05, 3.63) is 53.1 Å². The number of benzene rings is 2. The van der Waals surface area contributed by atoms with Gasteiger partial charge in [0.1, 0.15) is 6.07 Å². The van der Waals surface area contributed by atoms with Gasteiger partial charge in [0, 0.05) is 0 Å². The fraction of sp³-hybridized carbons (Fsp3) is 0. The number of nitrogens with one attached hydrogen (secondary N) is 1. The number of rotatable bonds is 2. The van der Waals surface area contributed by atoms with Gasteiger partial charge in [-0.05, 0) is 24.3 Å². The second-order valence-corrected chi connectivity index (χ2v) is 3.89. The van der Waals surface area contributed by atoms with Crippen molar-refractivity contribution in [1.82, 2.24) is 0 Å². The summed E-state index contributed by atoms with van der Waals surface area (Å²) < 4.78 is 0. The Balaban J connectivity index is 2.42. The first-order valence-electron chi connectivity index (χ1n) is 5.02. The van der Waals surface area contributed by atoms with Gasteiger partial charge in [0.25, 0.3) is 0 Å². The molecule has 0 aliphatic carbocycles. The van der Waals surface area contributed by atoms with E-state index in [1.807, 2.05) is 6.07 Å². The van der Waals surface area contributed by atoms with Gasteiger partial charge in [-0.25, -0.2) is 0 Å². The monoisotopic (exact) mass is 243 g/mol. The predicted octanol–water partition coefficient (Wildman–Crippen LogP) is 3.54. The maximum atomic E-state index is 8.98. The van der Waals surface area contributed by atoms with Crippen LogP contribution in [0.1, 0.15) is 5.56 Å². The number of nitriles is 1. The molecule has 17 heavy (non-hydrogen) atoms. The van der Waals surface area contributed by atoms with Gasteiger partial charge in [0.2, 0.25) is 0 Å². The van der Waals surface area contributed by atoms with E-state index in [-0.39, 0.29) is 0 Å². The van der Waals surface area contributed by atoms with Crippen LogP contribution in [0.3, 0.4) is 0 Å². The van der Waals surface area contributed by atoms with Crippen molar-refractivity contribution >= 4 is 28.7 Å². The molecule has 0 bridgehead atoms. The highest BCUT2D eigenvalue weighted by Crippen LogP contribution is 2.31. The van der Waals surface area contributed by atoms with Gasteiger partial charge in [-0.1, -0.05) is 29.8 Å². The highest BCUT2D eigenvalue weighted by molar-refractivity contribution is 6.34. The van der Waals surface area contributed by atoms with Crippen molar-refractivity contribution in [2.24, 2.45) is 0 Å². The summed E-state index contributed by atoms with van der Waals surface area (Å²) in [6.07, 6.45) is 0. The van der Waals surface area contributed by atoms with Crippen LogP contribution in [0.25, 0.3) is 0 Å². The molecular formula is C13H10ClN3. The molecule has 0 fully saturated rings. The highest BCUT2D eigenvalue weighted by atomic mass is 35.5. The maximum absolute atomic E-state index is 8.98. The summed E-state index contributed by atoms with van der Waals surface area (Å²) in [5, 5.41) is 12.6. The topological polar surface area (TPSA) is 61.8 Å². The van der Waals surface area contributed by atoms with Gasteiger partial charge >= 0.3 is 0 Å². The molecule has 84 valence electrons. The Morgan fingerprint density at radius 2 is 1.88 bits per heavy atom. The van der Waals surface area contributed by atoms with Crippen molar-refractivity contribution in [3.8, 4) is 6.07 Å². The van der Waals surface area contributed by atoms with Crippen LogP contribution in [0.2, 0.25) is 5.02 Å². The zero-order chi connectivity index (χ0) is 12.3. The summed E-state index contributed by atoms with van der Waals surface area (Å²) in [7, 11) is 0. The van der Waals surface area contributed by atoms with E-state index in [0.717, 1.165) is 0 Å². The third kappa shape index (κ3) is 2.32. The first-order valence-corrected chi connectivity index (χ1v) is 5.40. The molecule has 0 aliphatic rings. The van der Waals surface area contributed by atoms with E-state index in [0.29, 0.717) is 27.6 Å². The zero-order valence-corrected chi connectivity index (χ0v) is 9.70. The van der Waals surface area contributed by atoms with Crippen LogP contribution in [0.5, 0.6) is 0 Å². The van der Waals surface area contributed by atoms with Gasteiger partial charge < -0.3 is 11.1 Å². The van der Waals surface area contributed by atoms with Crippen molar-refractivity contribution in [2.45, 2.75) is 0 Å². The molecule has 2 aromatic rings. The number of halogens is 1. The number of nitrogens with zero attached hydrogens (tertiary/aromatic N) is 1. The third-order valence-corrected chi connectivity index (χ3v) is 2.67. The summed E-state index contributed by atoms with van der Waals surface area (Å²) >= 11 is 6.05. The fourth-order valence-electron chi connectivity index (χ4n) is 1.50. The lowest BCUT2D eigenvalue weighted by atomic mass is 10.2. The van der Waals surface area contributed by atoms with E-state index < -0.39 is 0 Å². The fourth-order valence-corrected chi connectivity index (χ4v) is 1.73. The Labute approximate surface area is 104 Å². The average Bonchev–Trinajstić information content (AvgIpc) is 2.34. The van der Waals surface area contributed by atoms with Gasteiger partial charge in [0.15, 0.2) is 0 Å². The Hall–Kier alpha value is -2.18. The molecule has 0 radical (unpaired) electrons. The quantitative estimate of drug-likeness (QED) is 0.793. The molecule has 0 aliphatic heterocycles. The predicted molar refractivity (Wildman–Crippen MR) is 70.3 cm³/mol. The molecule has 0 aromatic heterocycles. The first-order chi connectivity index (χ1) is 8.22. The van der Waals surface area contributed by atoms with Gasteiger partial charge in [0.05, 0.1) is 27.6 Å². The van der Waals surface area contributed by atoms with E-state index in [9.17, 15) is 0 Å². The van der Waals surface area contributed by atoms with E-state index >= 15 is 0 Å². The number of para-hydroxylation sites is 2. The molecule has 3 N–H and O–H groups in total. The van der Waals surface area contributed by atoms with Gasteiger partial charge in [-0.2, -0.15) is 5.26 Å². The van der Waals surface area contributed by atoms with Crippen LogP contribution in [-0.2, 0) is 0 Å². The molecule has 0 unspecified atom stereocenters. The van der Waals surface area contributed by atoms with E-state index in [2.05, 4.69) is 11.4 Å². The second-order valence-electron chi connectivity index (χ2n) is 3.49. The van der Waals surface area contributed by atoms with E-state index in [4.69, 9.17) is 22.6 Å². The summed E-state index contributed by atoms with van der Waals surface area (Å²) in [4.78, 5) is 0. The van der Waals surface area contributed by atoms with Crippen molar-refractivity contribution in [2.75, 3.05) is 11.1 Å². The standard InChI is InChI=1S/C13H10ClN3/c14-10-5-3-6-11(16)13(10)17-12-7-2-1-4-9(12)8-15/h1-7,17H,16H2. The number of hydrogen-bond donors (Lipinski definition) is 2. The number of nitrogen functional groups attached to an aromatic ring is 1. The van der Waals surface area contributed by atoms with Crippen LogP contribution < -0.4 is 11.1 Å². The molecule has 3 nitrogen and oxygen atoms in total. The van der Waals surface area contributed by atoms with Crippen LogP contribution in [0, 0.1) is 11.3 Å². The Morgan fingerprint density at radius 3 is 2.59 bits per heavy atom. The van der Waals surface area contributed by atoms with Crippen molar-refractivity contribution in [3.63, 3.8) is 0 Å². The molecule has 0 spiro atoms. The van der Waals surface area contributed by atoms with Crippen LogP contribution in [0.15, 0.2) is 42.5 Å². The number of nitrogens with two attached hydrogens (primary N) is 1. The molecule has 2 aromatic carbocycles. The minimum atomic E-state index is 0.526. The molecular weight excluding hydrogens is 234 g/mol. The van der Waals surface area contributed by atoms with Gasteiger partial charge in [-0.3, -0.25) is 0 Å². The van der Waals surface area contributed by atoms with E-state index in [1.165, 1.54) is 0 Å². The van der Waals surface area contributed by atoms with Crippen molar-refractivity contribution < 1.29 is 0 Å². The van der Waals surface area contributed by atoms with E-state index in [1.54, 1.807) is 36.4 Å². The SMILES string of the molecule is N#Cc1ccccc1Nc1c(N)cccc1Cl.